The predicted molar refractivity (Wildman–Crippen MR) is 146 cm³/mol. The van der Waals surface area contributed by atoms with E-state index < -0.39 is 11.7 Å². The molecule has 39 heavy (non-hydrogen) atoms. The second-order valence-electron chi connectivity index (χ2n) is 10.5. The largest absolute Gasteiger partial charge is 0.417 e. The van der Waals surface area contributed by atoms with Crippen molar-refractivity contribution < 1.29 is 17.9 Å². The number of likely N-dealkylation sites (N-methyl/N-ethyl adjacent to an activating group) is 1. The zero-order valence-corrected chi connectivity index (χ0v) is 22.7. The summed E-state index contributed by atoms with van der Waals surface area (Å²) in [6, 6.07) is 3.08. The normalized spacial score (nSPS) is 19.4. The second kappa shape index (κ2) is 11.2. The van der Waals surface area contributed by atoms with Crippen molar-refractivity contribution in [2.45, 2.75) is 31.5 Å². The Bertz CT molecular complexity index is 1230. The van der Waals surface area contributed by atoms with Crippen LogP contribution in [0.15, 0.2) is 35.8 Å². The van der Waals surface area contributed by atoms with Gasteiger partial charge in [0, 0.05) is 95.6 Å². The highest BCUT2D eigenvalue weighted by molar-refractivity contribution is 6.11. The van der Waals surface area contributed by atoms with Crippen LogP contribution in [0.1, 0.15) is 24.8 Å². The molecule has 4 heterocycles. The number of aryl methyl sites for hydroxylation is 1. The molecule has 12 heteroatoms. The van der Waals surface area contributed by atoms with E-state index in [0.717, 1.165) is 37.1 Å². The molecule has 2 aromatic rings. The maximum Gasteiger partial charge on any atom is 0.417 e. The van der Waals surface area contributed by atoms with Crippen LogP contribution < -0.4 is 20.4 Å². The molecule has 3 aliphatic rings. The van der Waals surface area contributed by atoms with E-state index >= 15 is 0 Å². The number of alkyl halides is 3. The van der Waals surface area contributed by atoms with Crippen molar-refractivity contribution in [3.05, 3.63) is 41.4 Å². The van der Waals surface area contributed by atoms with E-state index in [1.54, 1.807) is 24.2 Å². The van der Waals surface area contributed by atoms with E-state index in [9.17, 15) is 18.6 Å². The molecule has 0 unspecified atom stereocenters. The molecule has 5 rings (SSSR count). The van der Waals surface area contributed by atoms with E-state index in [-0.39, 0.29) is 17.4 Å². The van der Waals surface area contributed by atoms with Crippen LogP contribution in [0.4, 0.5) is 24.5 Å². The Balaban J connectivity index is 1.55. The highest BCUT2D eigenvalue weighted by Gasteiger charge is 2.38. The average Bonchev–Trinajstić information content (AvgIpc) is 3.35. The van der Waals surface area contributed by atoms with Crippen molar-refractivity contribution in [2.75, 3.05) is 70.0 Å². The molecular weight excluding hydrogens is 509 g/mol. The maximum atomic E-state index is 14.4. The van der Waals surface area contributed by atoms with Gasteiger partial charge in [0.05, 0.1) is 23.1 Å². The first-order valence-electron chi connectivity index (χ1n) is 13.4. The first-order chi connectivity index (χ1) is 18.7. The summed E-state index contributed by atoms with van der Waals surface area (Å²) in [4.78, 5) is 5.94. The molecule has 1 aromatic heterocycles. The number of amidine groups is 1. The Morgan fingerprint density at radius 1 is 1.13 bits per heavy atom. The summed E-state index contributed by atoms with van der Waals surface area (Å²) in [6.45, 7) is 4.48. The Hall–Kier alpha value is -3.09. The first kappa shape index (κ1) is 27.5. The number of anilines is 2. The number of fused-ring (bicyclic) bond motifs is 1. The Morgan fingerprint density at radius 3 is 2.56 bits per heavy atom. The molecule has 0 amide bonds. The number of hydrogen-bond donors (Lipinski definition) is 3. The summed E-state index contributed by atoms with van der Waals surface area (Å²) in [5, 5.41) is 20.3. The number of aromatic nitrogens is 2. The fourth-order valence-electron chi connectivity index (χ4n) is 5.66. The lowest BCUT2D eigenvalue weighted by atomic mass is 9.96. The summed E-state index contributed by atoms with van der Waals surface area (Å²) in [6.07, 6.45) is 1.04. The first-order valence-corrected chi connectivity index (χ1v) is 13.4. The predicted octanol–water partition coefficient (Wildman–Crippen LogP) is 3.24. The van der Waals surface area contributed by atoms with Gasteiger partial charge < -0.3 is 25.2 Å². The molecular formula is C27H37F3N8O. The van der Waals surface area contributed by atoms with Gasteiger partial charge in [0.15, 0.2) is 0 Å². The minimum atomic E-state index is -4.56. The van der Waals surface area contributed by atoms with Gasteiger partial charge in [-0.15, -0.1) is 0 Å². The van der Waals surface area contributed by atoms with Crippen LogP contribution >= 0.6 is 0 Å². The van der Waals surface area contributed by atoms with Crippen LogP contribution in [0, 0.1) is 5.41 Å². The van der Waals surface area contributed by atoms with Crippen molar-refractivity contribution in [1.82, 2.24) is 25.3 Å². The highest BCUT2D eigenvalue weighted by atomic mass is 19.4. The molecule has 3 N–H and O–H groups in total. The monoisotopic (exact) mass is 546 g/mol. The van der Waals surface area contributed by atoms with E-state index in [2.05, 4.69) is 20.6 Å². The minimum absolute atomic E-state index is 0.0912. The zero-order chi connectivity index (χ0) is 27.7. The Kier molecular flexibility index (Phi) is 7.88. The number of hydrogen-bond acceptors (Lipinski definition) is 7. The van der Waals surface area contributed by atoms with Crippen molar-refractivity contribution >= 4 is 17.2 Å². The molecule has 212 valence electrons. The van der Waals surface area contributed by atoms with Crippen LogP contribution in [0.5, 0.6) is 0 Å². The van der Waals surface area contributed by atoms with Gasteiger partial charge in [-0.2, -0.15) is 18.3 Å². The third kappa shape index (κ3) is 5.78. The van der Waals surface area contributed by atoms with Crippen molar-refractivity contribution in [1.29, 1.82) is 5.41 Å². The molecule has 0 saturated carbocycles. The van der Waals surface area contributed by atoms with Crippen LogP contribution in [0.3, 0.4) is 0 Å². The molecule has 0 aliphatic carbocycles. The SMILES string of the molecule is CNCN1CCC(NC2CCOCC2)=C(C(=N)N2CCN(C)c3cc(-c4cnn(C)c4)c(C(F)(F)F)cc32)C1. The molecule has 0 spiro atoms. The van der Waals surface area contributed by atoms with Crippen LogP contribution in [-0.2, 0) is 18.0 Å². The zero-order valence-electron chi connectivity index (χ0n) is 22.7. The van der Waals surface area contributed by atoms with Gasteiger partial charge in [0.25, 0.3) is 0 Å². The molecule has 0 bridgehead atoms. The number of nitrogens with one attached hydrogen (secondary N) is 3. The quantitative estimate of drug-likeness (QED) is 0.379. The van der Waals surface area contributed by atoms with Crippen LogP contribution in [0.2, 0.25) is 0 Å². The van der Waals surface area contributed by atoms with Gasteiger partial charge in [0.2, 0.25) is 0 Å². The minimum Gasteiger partial charge on any atom is -0.385 e. The average molecular weight is 547 g/mol. The van der Waals surface area contributed by atoms with Gasteiger partial charge >= 0.3 is 6.18 Å². The number of benzene rings is 1. The fourth-order valence-corrected chi connectivity index (χ4v) is 5.66. The topological polar surface area (TPSA) is 84.7 Å². The number of rotatable bonds is 6. The van der Waals surface area contributed by atoms with E-state index in [0.29, 0.717) is 56.5 Å². The Labute approximate surface area is 227 Å². The van der Waals surface area contributed by atoms with Crippen molar-refractivity contribution in [3.63, 3.8) is 0 Å². The molecule has 1 fully saturated rings. The second-order valence-corrected chi connectivity index (χ2v) is 10.5. The van der Waals surface area contributed by atoms with Gasteiger partial charge in [-0.3, -0.25) is 15.0 Å². The summed E-state index contributed by atoms with van der Waals surface area (Å²) >= 11 is 0. The molecule has 3 aliphatic heterocycles. The van der Waals surface area contributed by atoms with Gasteiger partial charge in [-0.05, 0) is 37.6 Å². The summed E-state index contributed by atoms with van der Waals surface area (Å²) in [5.41, 5.74) is 2.70. The van der Waals surface area contributed by atoms with E-state index in [1.807, 2.05) is 19.0 Å². The standard InChI is InChI=1S/C27H37F3N8O/c1-32-17-37-7-4-23(34-19-5-10-39-11-6-19)21(16-37)26(31)38-9-8-35(2)24-12-20(18-14-33-36(3)15-18)22(13-25(24)38)27(28,29)30/h12-15,19,31-32,34H,4-11,16-17H2,1-3H3. The van der Waals surface area contributed by atoms with E-state index in [1.165, 1.54) is 16.9 Å². The third-order valence-electron chi connectivity index (χ3n) is 7.76. The fraction of sp³-hybridized carbons (Fsp3) is 0.556. The lowest BCUT2D eigenvalue weighted by Crippen LogP contribution is -2.48. The molecule has 1 aromatic carbocycles. The van der Waals surface area contributed by atoms with E-state index in [4.69, 9.17) is 4.74 Å². The van der Waals surface area contributed by atoms with Gasteiger partial charge in [-0.25, -0.2) is 0 Å². The third-order valence-corrected chi connectivity index (χ3v) is 7.76. The van der Waals surface area contributed by atoms with Gasteiger partial charge in [0.1, 0.15) is 5.84 Å². The highest BCUT2D eigenvalue weighted by Crippen LogP contribution is 2.45. The number of nitrogens with zero attached hydrogens (tertiary/aromatic N) is 5. The summed E-state index contributed by atoms with van der Waals surface area (Å²) in [7, 11) is 5.46. The molecule has 0 radical (unpaired) electrons. The van der Waals surface area contributed by atoms with Crippen LogP contribution in [-0.4, -0.2) is 86.7 Å². The molecule has 1 saturated heterocycles. The summed E-state index contributed by atoms with van der Waals surface area (Å²) in [5.74, 6) is 0.252. The molecule has 0 atom stereocenters. The summed E-state index contributed by atoms with van der Waals surface area (Å²) < 4.78 is 50.2. The maximum absolute atomic E-state index is 14.4. The molecule has 9 nitrogen and oxygen atoms in total. The van der Waals surface area contributed by atoms with Crippen molar-refractivity contribution in [2.24, 2.45) is 7.05 Å². The van der Waals surface area contributed by atoms with Gasteiger partial charge in [-0.1, -0.05) is 0 Å². The lowest BCUT2D eigenvalue weighted by Gasteiger charge is -2.41. The number of halogens is 3. The smallest absolute Gasteiger partial charge is 0.385 e. The Morgan fingerprint density at radius 2 is 1.90 bits per heavy atom. The van der Waals surface area contributed by atoms with Crippen LogP contribution in [0.25, 0.3) is 11.1 Å². The van der Waals surface area contributed by atoms with Crippen molar-refractivity contribution in [3.8, 4) is 11.1 Å². The lowest BCUT2D eigenvalue weighted by molar-refractivity contribution is -0.137. The number of ether oxygens (including phenoxy) is 1.